The number of benzene rings is 2. The first-order valence-electron chi connectivity index (χ1n) is 11.9. The summed E-state index contributed by atoms with van der Waals surface area (Å²) in [6, 6.07) is 15.5. The van der Waals surface area contributed by atoms with E-state index in [0.29, 0.717) is 24.5 Å². The van der Waals surface area contributed by atoms with E-state index in [1.807, 2.05) is 53.4 Å². The number of halogens is 1. The highest BCUT2D eigenvalue weighted by Crippen LogP contribution is 2.31. The van der Waals surface area contributed by atoms with E-state index in [-0.39, 0.29) is 17.7 Å². The van der Waals surface area contributed by atoms with Crippen molar-refractivity contribution in [2.75, 3.05) is 56.0 Å². The fourth-order valence-electron chi connectivity index (χ4n) is 4.72. The van der Waals surface area contributed by atoms with Crippen LogP contribution in [0.25, 0.3) is 0 Å². The van der Waals surface area contributed by atoms with E-state index in [1.54, 1.807) is 0 Å². The van der Waals surface area contributed by atoms with Crippen molar-refractivity contribution in [3.63, 3.8) is 0 Å². The summed E-state index contributed by atoms with van der Waals surface area (Å²) in [6.45, 7) is 8.26. The topological polar surface area (TPSA) is 55.9 Å². The van der Waals surface area contributed by atoms with Gasteiger partial charge in [0, 0.05) is 44.3 Å². The number of likely N-dealkylation sites (N-methyl/N-ethyl adjacent to an activating group) is 1. The maximum absolute atomic E-state index is 13.2. The number of nitrogens with one attached hydrogen (secondary N) is 1. The largest absolute Gasteiger partial charge is 0.367 e. The van der Waals surface area contributed by atoms with Crippen molar-refractivity contribution >= 4 is 34.8 Å². The van der Waals surface area contributed by atoms with Crippen LogP contribution in [-0.2, 0) is 16.0 Å². The van der Waals surface area contributed by atoms with Crippen LogP contribution in [0.1, 0.15) is 25.3 Å². The van der Waals surface area contributed by atoms with Crippen LogP contribution in [-0.4, -0.2) is 67.4 Å². The zero-order valence-corrected chi connectivity index (χ0v) is 20.1. The minimum Gasteiger partial charge on any atom is -0.367 e. The molecule has 0 saturated carbocycles. The van der Waals surface area contributed by atoms with E-state index in [9.17, 15) is 9.59 Å². The van der Waals surface area contributed by atoms with Gasteiger partial charge in [-0.3, -0.25) is 9.59 Å². The minimum atomic E-state index is -0.220. The van der Waals surface area contributed by atoms with Gasteiger partial charge in [0.1, 0.15) is 0 Å². The third kappa shape index (κ3) is 6.06. The molecule has 2 saturated heterocycles. The van der Waals surface area contributed by atoms with Crippen LogP contribution >= 0.6 is 11.6 Å². The molecule has 2 fully saturated rings. The van der Waals surface area contributed by atoms with Gasteiger partial charge in [-0.15, -0.1) is 0 Å². The average molecular weight is 469 g/mol. The molecule has 2 aliphatic rings. The fraction of sp³-hybridized carbons (Fsp3) is 0.462. The summed E-state index contributed by atoms with van der Waals surface area (Å²) in [4.78, 5) is 32.6. The molecule has 0 aliphatic carbocycles. The number of piperidine rings is 1. The van der Waals surface area contributed by atoms with Crippen LogP contribution in [0.5, 0.6) is 0 Å². The maximum atomic E-state index is 13.2. The number of likely N-dealkylation sites (tertiary alicyclic amines) is 1. The molecule has 33 heavy (non-hydrogen) atoms. The Bertz CT molecular complexity index is 960. The Balaban J connectivity index is 1.40. The highest BCUT2D eigenvalue weighted by molar-refractivity contribution is 6.31. The molecule has 1 N–H and O–H groups in total. The van der Waals surface area contributed by atoms with E-state index in [0.717, 1.165) is 62.5 Å². The van der Waals surface area contributed by atoms with E-state index in [2.05, 4.69) is 22.0 Å². The first kappa shape index (κ1) is 23.6. The Labute approximate surface area is 201 Å². The van der Waals surface area contributed by atoms with Gasteiger partial charge in [-0.2, -0.15) is 0 Å². The number of anilines is 2. The lowest BCUT2D eigenvalue weighted by Gasteiger charge is -2.37. The summed E-state index contributed by atoms with van der Waals surface area (Å²) in [6.07, 6.45) is 1.99. The van der Waals surface area contributed by atoms with E-state index < -0.39 is 0 Å². The molecule has 2 aromatic rings. The standard InChI is InChI=1S/C26H33ClN4O2/c1-2-29-13-15-30(16-14-29)24-11-10-22(27)18-23(24)28-26(33)21-9-6-12-31(19-21)25(32)17-20-7-4-3-5-8-20/h3-5,7-8,10-11,18,21H,2,6,9,12-17,19H2,1H3,(H,28,33). The van der Waals surface area contributed by atoms with Gasteiger partial charge in [0.15, 0.2) is 0 Å². The molecule has 0 spiro atoms. The van der Waals surface area contributed by atoms with Gasteiger partial charge < -0.3 is 20.0 Å². The molecule has 1 unspecified atom stereocenters. The smallest absolute Gasteiger partial charge is 0.229 e. The van der Waals surface area contributed by atoms with Gasteiger partial charge in [-0.1, -0.05) is 48.9 Å². The van der Waals surface area contributed by atoms with Crippen LogP contribution in [0, 0.1) is 5.92 Å². The van der Waals surface area contributed by atoms with Gasteiger partial charge in [-0.25, -0.2) is 0 Å². The normalized spacial score (nSPS) is 19.4. The molecule has 2 heterocycles. The zero-order chi connectivity index (χ0) is 23.2. The predicted molar refractivity (Wildman–Crippen MR) is 134 cm³/mol. The fourth-order valence-corrected chi connectivity index (χ4v) is 4.90. The predicted octanol–water partition coefficient (Wildman–Crippen LogP) is 3.90. The lowest BCUT2D eigenvalue weighted by atomic mass is 9.96. The van der Waals surface area contributed by atoms with Gasteiger partial charge in [0.25, 0.3) is 0 Å². The number of rotatable bonds is 6. The third-order valence-corrected chi connectivity index (χ3v) is 6.95. The number of carbonyl (C=O) groups excluding carboxylic acids is 2. The van der Waals surface area contributed by atoms with Crippen LogP contribution in [0.2, 0.25) is 5.02 Å². The molecule has 0 bridgehead atoms. The van der Waals surface area contributed by atoms with Crippen molar-refractivity contribution in [2.24, 2.45) is 5.92 Å². The van der Waals surface area contributed by atoms with Gasteiger partial charge in [0.2, 0.25) is 11.8 Å². The number of carbonyl (C=O) groups is 2. The van der Waals surface area contributed by atoms with Crippen molar-refractivity contribution in [3.8, 4) is 0 Å². The second-order valence-corrected chi connectivity index (χ2v) is 9.35. The zero-order valence-electron chi connectivity index (χ0n) is 19.3. The maximum Gasteiger partial charge on any atom is 0.229 e. The first-order chi connectivity index (χ1) is 16.0. The Morgan fingerprint density at radius 3 is 2.52 bits per heavy atom. The molecular weight excluding hydrogens is 436 g/mol. The summed E-state index contributed by atoms with van der Waals surface area (Å²) < 4.78 is 0. The van der Waals surface area contributed by atoms with Crippen LogP contribution < -0.4 is 10.2 Å². The second kappa shape index (κ2) is 11.0. The van der Waals surface area contributed by atoms with E-state index in [1.165, 1.54) is 0 Å². The van der Waals surface area contributed by atoms with Gasteiger partial charge in [-0.05, 0) is 43.1 Å². The van der Waals surface area contributed by atoms with Crippen molar-refractivity contribution in [1.82, 2.24) is 9.80 Å². The number of hydrogen-bond donors (Lipinski definition) is 1. The van der Waals surface area contributed by atoms with E-state index >= 15 is 0 Å². The number of amides is 2. The first-order valence-corrected chi connectivity index (χ1v) is 12.3. The summed E-state index contributed by atoms with van der Waals surface area (Å²) in [5, 5.41) is 3.74. The second-order valence-electron chi connectivity index (χ2n) is 8.91. The Morgan fingerprint density at radius 1 is 1.03 bits per heavy atom. The molecule has 2 aliphatic heterocycles. The molecule has 0 aromatic heterocycles. The highest BCUT2D eigenvalue weighted by atomic mass is 35.5. The molecular formula is C26H33ClN4O2. The number of nitrogens with zero attached hydrogens (tertiary/aromatic N) is 3. The lowest BCUT2D eigenvalue weighted by molar-refractivity contribution is -0.133. The third-order valence-electron chi connectivity index (χ3n) is 6.72. The monoisotopic (exact) mass is 468 g/mol. The molecule has 2 aromatic carbocycles. The SMILES string of the molecule is CCN1CCN(c2ccc(Cl)cc2NC(=O)C2CCCN(C(=O)Cc3ccccc3)C2)CC1. The molecule has 2 amide bonds. The highest BCUT2D eigenvalue weighted by Gasteiger charge is 2.29. The van der Waals surface area contributed by atoms with Gasteiger partial charge in [0.05, 0.1) is 23.7 Å². The Morgan fingerprint density at radius 2 is 1.79 bits per heavy atom. The number of piperazine rings is 1. The molecule has 4 rings (SSSR count). The summed E-state index contributed by atoms with van der Waals surface area (Å²) in [5.74, 6) is -0.180. The number of hydrogen-bond acceptors (Lipinski definition) is 4. The van der Waals surface area contributed by atoms with Crippen molar-refractivity contribution in [3.05, 3.63) is 59.1 Å². The quantitative estimate of drug-likeness (QED) is 0.698. The molecule has 6 nitrogen and oxygen atoms in total. The Hall–Kier alpha value is -2.57. The molecule has 7 heteroatoms. The lowest BCUT2D eigenvalue weighted by Crippen LogP contribution is -2.46. The minimum absolute atomic E-state index is 0.0390. The molecule has 0 radical (unpaired) electrons. The summed E-state index contributed by atoms with van der Waals surface area (Å²) in [5.41, 5.74) is 2.77. The summed E-state index contributed by atoms with van der Waals surface area (Å²) >= 11 is 6.28. The summed E-state index contributed by atoms with van der Waals surface area (Å²) in [7, 11) is 0. The van der Waals surface area contributed by atoms with Crippen LogP contribution in [0.15, 0.2) is 48.5 Å². The molecule has 176 valence electrons. The Kier molecular flexibility index (Phi) is 7.89. The van der Waals surface area contributed by atoms with Crippen LogP contribution in [0.3, 0.4) is 0 Å². The van der Waals surface area contributed by atoms with Crippen molar-refractivity contribution < 1.29 is 9.59 Å². The van der Waals surface area contributed by atoms with Crippen molar-refractivity contribution in [2.45, 2.75) is 26.2 Å². The molecule has 1 atom stereocenters. The average Bonchev–Trinajstić information content (AvgIpc) is 2.85. The van der Waals surface area contributed by atoms with Gasteiger partial charge >= 0.3 is 0 Å². The van der Waals surface area contributed by atoms with Crippen LogP contribution in [0.4, 0.5) is 11.4 Å². The van der Waals surface area contributed by atoms with E-state index in [4.69, 9.17) is 11.6 Å². The van der Waals surface area contributed by atoms with Crippen molar-refractivity contribution in [1.29, 1.82) is 0 Å².